The molecule has 1 N–H and O–H groups in total. The number of hydrogen-bond acceptors (Lipinski definition) is 3. The Bertz CT molecular complexity index is 353. The third-order valence-electron chi connectivity index (χ3n) is 2.65. The zero-order chi connectivity index (χ0) is 12.0. The van der Waals surface area contributed by atoms with Crippen molar-refractivity contribution in [2.75, 3.05) is 13.7 Å². The van der Waals surface area contributed by atoms with Crippen molar-refractivity contribution in [1.29, 1.82) is 5.26 Å². The van der Waals surface area contributed by atoms with Crippen molar-refractivity contribution in [3.8, 4) is 6.07 Å². The van der Waals surface area contributed by atoms with Crippen molar-refractivity contribution in [1.82, 2.24) is 5.32 Å². The molecule has 3 heteroatoms. The fraction of sp³-hybridized carbons (Fsp3) is 0.462. The predicted molar refractivity (Wildman–Crippen MR) is 64.0 cm³/mol. The number of ether oxygens (including phenoxy) is 1. The predicted octanol–water partition coefficient (Wildman–Crippen LogP) is 2.24. The third kappa shape index (κ3) is 3.65. The summed E-state index contributed by atoms with van der Waals surface area (Å²) in [5, 5.41) is 12.1. The molecule has 1 aromatic carbocycles. The number of nitrogens with zero attached hydrogens (tertiary/aromatic N) is 1. The molecule has 0 amide bonds. The van der Waals surface area contributed by atoms with Gasteiger partial charge in [-0.15, -0.1) is 0 Å². The summed E-state index contributed by atoms with van der Waals surface area (Å²) in [5.74, 6) is 0. The second-order valence-electron chi connectivity index (χ2n) is 3.91. The van der Waals surface area contributed by atoms with Crippen LogP contribution in [-0.4, -0.2) is 19.8 Å². The third-order valence-corrected chi connectivity index (χ3v) is 2.65. The molecular weight excluding hydrogens is 200 g/mol. The maximum absolute atomic E-state index is 8.69. The van der Waals surface area contributed by atoms with Crippen molar-refractivity contribution < 1.29 is 4.74 Å². The maximum Gasteiger partial charge on any atom is 0.0991 e. The van der Waals surface area contributed by atoms with Crippen molar-refractivity contribution in [3.05, 3.63) is 35.4 Å². The largest absolute Gasteiger partial charge is 0.380 e. The molecule has 0 spiro atoms. The van der Waals surface area contributed by atoms with Gasteiger partial charge in [-0.1, -0.05) is 12.1 Å². The highest BCUT2D eigenvalue weighted by molar-refractivity contribution is 5.32. The molecule has 0 aliphatic rings. The molecule has 1 aromatic rings. The van der Waals surface area contributed by atoms with E-state index in [-0.39, 0.29) is 12.1 Å². The fourth-order valence-electron chi connectivity index (χ4n) is 1.39. The van der Waals surface area contributed by atoms with Crippen LogP contribution in [0.3, 0.4) is 0 Å². The van der Waals surface area contributed by atoms with Crippen molar-refractivity contribution in [2.24, 2.45) is 0 Å². The molecule has 16 heavy (non-hydrogen) atoms. The van der Waals surface area contributed by atoms with Crippen LogP contribution in [0.1, 0.15) is 31.0 Å². The molecule has 3 nitrogen and oxygen atoms in total. The molecule has 1 rings (SSSR count). The first-order valence-corrected chi connectivity index (χ1v) is 5.43. The van der Waals surface area contributed by atoms with E-state index >= 15 is 0 Å². The molecule has 0 aromatic heterocycles. The first-order chi connectivity index (χ1) is 7.67. The molecule has 0 unspecified atom stereocenters. The molecule has 0 aliphatic carbocycles. The van der Waals surface area contributed by atoms with Gasteiger partial charge in [0.15, 0.2) is 0 Å². The van der Waals surface area contributed by atoms with Crippen LogP contribution in [0, 0.1) is 11.3 Å². The normalized spacial score (nSPS) is 14.1. The van der Waals surface area contributed by atoms with Gasteiger partial charge < -0.3 is 10.1 Å². The van der Waals surface area contributed by atoms with E-state index in [1.54, 1.807) is 7.11 Å². The Morgan fingerprint density at radius 1 is 1.31 bits per heavy atom. The number of nitriles is 1. The van der Waals surface area contributed by atoms with Gasteiger partial charge >= 0.3 is 0 Å². The second kappa shape index (κ2) is 6.26. The molecule has 0 aliphatic heterocycles. The van der Waals surface area contributed by atoms with E-state index in [9.17, 15) is 0 Å². The van der Waals surface area contributed by atoms with Gasteiger partial charge in [-0.2, -0.15) is 5.26 Å². The van der Waals surface area contributed by atoms with E-state index in [1.165, 1.54) is 5.56 Å². The molecule has 0 fully saturated rings. The minimum atomic E-state index is 0.209. The van der Waals surface area contributed by atoms with Crippen LogP contribution in [0.15, 0.2) is 24.3 Å². The zero-order valence-electron chi connectivity index (χ0n) is 10.0. The zero-order valence-corrected chi connectivity index (χ0v) is 10.0. The molecule has 0 saturated heterocycles. The summed E-state index contributed by atoms with van der Waals surface area (Å²) >= 11 is 0. The number of rotatable bonds is 5. The Labute approximate surface area is 97.0 Å². The van der Waals surface area contributed by atoms with Gasteiger partial charge in [-0.05, 0) is 31.5 Å². The lowest BCUT2D eigenvalue weighted by molar-refractivity contribution is 0.115. The van der Waals surface area contributed by atoms with Crippen molar-refractivity contribution >= 4 is 0 Å². The monoisotopic (exact) mass is 218 g/mol. The topological polar surface area (TPSA) is 45.0 Å². The summed E-state index contributed by atoms with van der Waals surface area (Å²) in [6, 6.07) is 10.0. The lowest BCUT2D eigenvalue weighted by Gasteiger charge is -2.17. The minimum Gasteiger partial charge on any atom is -0.380 e. The summed E-state index contributed by atoms with van der Waals surface area (Å²) in [5.41, 5.74) is 1.88. The maximum atomic E-state index is 8.69. The molecule has 2 atom stereocenters. The Hall–Kier alpha value is -1.37. The summed E-state index contributed by atoms with van der Waals surface area (Å²) in [7, 11) is 1.71. The number of nitrogens with one attached hydrogen (secondary N) is 1. The van der Waals surface area contributed by atoms with E-state index in [1.807, 2.05) is 31.2 Å². The Kier molecular flexibility index (Phi) is 4.97. The quantitative estimate of drug-likeness (QED) is 0.824. The SMILES string of the molecule is CO[C@@H](C)CN[C@@H](C)c1ccc(C#N)cc1. The van der Waals surface area contributed by atoms with Gasteiger partial charge in [0.25, 0.3) is 0 Å². The van der Waals surface area contributed by atoms with E-state index in [4.69, 9.17) is 10.00 Å². The van der Waals surface area contributed by atoms with Crippen LogP contribution in [0.5, 0.6) is 0 Å². The van der Waals surface area contributed by atoms with Crippen LogP contribution in [-0.2, 0) is 4.74 Å². The van der Waals surface area contributed by atoms with Gasteiger partial charge in [0, 0.05) is 19.7 Å². The number of methoxy groups -OCH3 is 1. The van der Waals surface area contributed by atoms with E-state index < -0.39 is 0 Å². The van der Waals surface area contributed by atoms with Crippen LogP contribution in [0.25, 0.3) is 0 Å². The van der Waals surface area contributed by atoms with E-state index in [2.05, 4.69) is 18.3 Å². The fourth-order valence-corrected chi connectivity index (χ4v) is 1.39. The molecule has 0 saturated carbocycles. The van der Waals surface area contributed by atoms with E-state index in [0.717, 1.165) is 6.54 Å². The summed E-state index contributed by atoms with van der Waals surface area (Å²) < 4.78 is 5.17. The molecular formula is C13H18N2O. The van der Waals surface area contributed by atoms with Crippen LogP contribution >= 0.6 is 0 Å². The van der Waals surface area contributed by atoms with Gasteiger partial charge in [0.1, 0.15) is 0 Å². The molecule has 0 bridgehead atoms. The molecule has 86 valence electrons. The van der Waals surface area contributed by atoms with Gasteiger partial charge in [0.05, 0.1) is 17.7 Å². The van der Waals surface area contributed by atoms with Crippen LogP contribution in [0.2, 0.25) is 0 Å². The first-order valence-electron chi connectivity index (χ1n) is 5.43. The second-order valence-corrected chi connectivity index (χ2v) is 3.91. The number of hydrogen-bond donors (Lipinski definition) is 1. The molecule has 0 heterocycles. The van der Waals surface area contributed by atoms with Gasteiger partial charge in [-0.3, -0.25) is 0 Å². The summed E-state index contributed by atoms with van der Waals surface area (Å²) in [4.78, 5) is 0. The highest BCUT2D eigenvalue weighted by Crippen LogP contribution is 2.12. The van der Waals surface area contributed by atoms with E-state index in [0.29, 0.717) is 5.56 Å². The summed E-state index contributed by atoms with van der Waals surface area (Å²) in [6.07, 6.45) is 0.209. The Balaban J connectivity index is 2.53. The Morgan fingerprint density at radius 2 is 1.94 bits per heavy atom. The smallest absolute Gasteiger partial charge is 0.0991 e. The highest BCUT2D eigenvalue weighted by atomic mass is 16.5. The van der Waals surface area contributed by atoms with Crippen LogP contribution in [0.4, 0.5) is 0 Å². The Morgan fingerprint density at radius 3 is 2.44 bits per heavy atom. The van der Waals surface area contributed by atoms with Gasteiger partial charge in [0.2, 0.25) is 0 Å². The first kappa shape index (κ1) is 12.7. The average molecular weight is 218 g/mol. The lowest BCUT2D eigenvalue weighted by atomic mass is 10.1. The summed E-state index contributed by atoms with van der Waals surface area (Å²) in [6.45, 7) is 4.94. The van der Waals surface area contributed by atoms with Crippen molar-refractivity contribution in [2.45, 2.75) is 26.0 Å². The lowest BCUT2D eigenvalue weighted by Crippen LogP contribution is -2.28. The number of benzene rings is 1. The minimum absolute atomic E-state index is 0.209. The van der Waals surface area contributed by atoms with Gasteiger partial charge in [-0.25, -0.2) is 0 Å². The standard InChI is InChI=1S/C13H18N2O/c1-10(16-3)9-15-11(2)13-6-4-12(8-14)5-7-13/h4-7,10-11,15H,9H2,1-3H3/t10-,11-/m0/s1. The highest BCUT2D eigenvalue weighted by Gasteiger charge is 2.06. The molecule has 0 radical (unpaired) electrons. The van der Waals surface area contributed by atoms with Crippen LogP contribution < -0.4 is 5.32 Å². The average Bonchev–Trinajstić information content (AvgIpc) is 2.35. The van der Waals surface area contributed by atoms with Crippen molar-refractivity contribution in [3.63, 3.8) is 0 Å².